The van der Waals surface area contributed by atoms with Gasteiger partial charge in [0.05, 0.1) is 25.6 Å². The molecule has 7 amide bonds. The highest BCUT2D eigenvalue weighted by Crippen LogP contribution is 2.11. The average molecular weight is 890 g/mol. The minimum absolute atomic E-state index is 0.00370. The van der Waals surface area contributed by atoms with Crippen LogP contribution in [0.15, 0.2) is 35.3 Å². The molecule has 0 aromatic heterocycles. The molecule has 0 spiro atoms. The van der Waals surface area contributed by atoms with Gasteiger partial charge in [-0.05, 0) is 55.4 Å². The SMILES string of the molecule is CC(C)C[C@H](NC(=O)[C@H](CC(C)C)NC(=O)[C@@H](N)CC(C)C)C(=O)NCC(=O)NCC(=O)N[C@@H](CC(=O)O)C(=O)N[C@@H](Cc1ccccc1)C(=O)N[C@@H](CCCN=C(N)N)C(=O)O. The third kappa shape index (κ3) is 23.5. The van der Waals surface area contributed by atoms with E-state index in [-0.39, 0.29) is 62.4 Å². The fourth-order valence-corrected chi connectivity index (χ4v) is 6.10. The molecule has 0 aliphatic heterocycles. The van der Waals surface area contributed by atoms with Gasteiger partial charge < -0.3 is 64.6 Å². The van der Waals surface area contributed by atoms with Gasteiger partial charge in [0.1, 0.15) is 30.2 Å². The molecule has 0 unspecified atom stereocenters. The summed E-state index contributed by atoms with van der Waals surface area (Å²) in [6.45, 7) is 9.90. The number of benzene rings is 1. The number of carbonyl (C=O) groups is 9. The Balaban J connectivity index is 3.00. The van der Waals surface area contributed by atoms with Crippen molar-refractivity contribution in [3.8, 4) is 0 Å². The highest BCUT2D eigenvalue weighted by Gasteiger charge is 2.32. The van der Waals surface area contributed by atoms with Gasteiger partial charge in [0, 0.05) is 13.0 Å². The van der Waals surface area contributed by atoms with E-state index in [0.717, 1.165) is 0 Å². The summed E-state index contributed by atoms with van der Waals surface area (Å²) >= 11 is 0. The van der Waals surface area contributed by atoms with Crippen LogP contribution >= 0.6 is 0 Å². The monoisotopic (exact) mass is 890 g/mol. The summed E-state index contributed by atoms with van der Waals surface area (Å²) in [6, 6.07) is 0.865. The van der Waals surface area contributed by atoms with E-state index in [4.69, 9.17) is 17.2 Å². The van der Waals surface area contributed by atoms with Crippen molar-refractivity contribution in [3.63, 3.8) is 0 Å². The molecule has 22 heteroatoms. The van der Waals surface area contributed by atoms with E-state index in [9.17, 15) is 53.4 Å². The number of carboxylic acids is 2. The maximum atomic E-state index is 13.4. The maximum absolute atomic E-state index is 13.4. The van der Waals surface area contributed by atoms with Gasteiger partial charge >= 0.3 is 11.9 Å². The Morgan fingerprint density at radius 2 is 1.08 bits per heavy atom. The predicted octanol–water partition coefficient (Wildman–Crippen LogP) is -2.04. The van der Waals surface area contributed by atoms with Gasteiger partial charge in [-0.15, -0.1) is 0 Å². The van der Waals surface area contributed by atoms with Crippen LogP contribution in [0.3, 0.4) is 0 Å². The van der Waals surface area contributed by atoms with Crippen LogP contribution in [0, 0.1) is 17.8 Å². The van der Waals surface area contributed by atoms with E-state index in [1.165, 1.54) is 0 Å². The minimum atomic E-state index is -1.75. The first-order valence-electron chi connectivity index (χ1n) is 20.8. The smallest absolute Gasteiger partial charge is 0.326 e. The van der Waals surface area contributed by atoms with Gasteiger partial charge in [0.2, 0.25) is 41.4 Å². The van der Waals surface area contributed by atoms with Crippen LogP contribution in [0.5, 0.6) is 0 Å². The number of aliphatic imine (C=N–C) groups is 1. The molecule has 352 valence electrons. The molecular formula is C41H67N11O11. The van der Waals surface area contributed by atoms with Crippen LogP contribution in [0.4, 0.5) is 0 Å². The Bertz CT molecular complexity index is 1740. The Kier molecular flexibility index (Phi) is 24.6. The third-order valence-electron chi connectivity index (χ3n) is 9.12. The highest BCUT2D eigenvalue weighted by molar-refractivity contribution is 5.97. The summed E-state index contributed by atoms with van der Waals surface area (Å²) in [5.41, 5.74) is 17.2. The zero-order valence-electron chi connectivity index (χ0n) is 36.9. The molecule has 0 bridgehead atoms. The van der Waals surface area contributed by atoms with Gasteiger partial charge in [0.25, 0.3) is 0 Å². The molecule has 63 heavy (non-hydrogen) atoms. The van der Waals surface area contributed by atoms with Crippen molar-refractivity contribution >= 4 is 59.2 Å². The number of nitrogens with zero attached hydrogens (tertiary/aromatic N) is 1. The molecule has 0 radical (unpaired) electrons. The number of carbonyl (C=O) groups excluding carboxylic acids is 7. The first kappa shape index (κ1) is 54.7. The number of rotatable bonds is 29. The third-order valence-corrected chi connectivity index (χ3v) is 9.12. The lowest BCUT2D eigenvalue weighted by atomic mass is 9.99. The molecule has 0 heterocycles. The lowest BCUT2D eigenvalue weighted by Gasteiger charge is -2.26. The number of nitrogens with two attached hydrogens (primary N) is 3. The van der Waals surface area contributed by atoms with Gasteiger partial charge in [0.15, 0.2) is 5.96 Å². The van der Waals surface area contributed by atoms with E-state index < -0.39 is 109 Å². The standard InChI is InChI=1S/C41H67N11O11/c1-22(2)15-26(42)35(57)50-29(17-24(5)6)37(59)51-28(16-23(3)4)36(58)47-20-32(53)46-21-33(54)48-31(19-34(55)56)39(61)52-30(18-25-11-8-7-9-12-25)38(60)49-27(40(62)63)13-10-14-45-41(43)44/h7-9,11-12,22-24,26-31H,10,13-21,42H2,1-6H3,(H,46,53)(H,47,58)(H,48,54)(H,49,60)(H,50,57)(H,51,59)(H,52,61)(H,55,56)(H,62,63)(H4,43,44,45)/t26-,27-,28-,29-,30-,31-/m0/s1. The van der Waals surface area contributed by atoms with E-state index in [1.54, 1.807) is 30.3 Å². The summed E-state index contributed by atoms with van der Waals surface area (Å²) in [5, 5.41) is 36.3. The Morgan fingerprint density at radius 1 is 0.587 bits per heavy atom. The van der Waals surface area contributed by atoms with E-state index in [1.807, 2.05) is 41.5 Å². The highest BCUT2D eigenvalue weighted by atomic mass is 16.4. The molecule has 1 rings (SSSR count). The van der Waals surface area contributed by atoms with E-state index in [0.29, 0.717) is 12.0 Å². The van der Waals surface area contributed by atoms with Crippen molar-refractivity contribution in [3.05, 3.63) is 35.9 Å². The molecule has 0 aliphatic carbocycles. The average Bonchev–Trinajstić information content (AvgIpc) is 3.18. The number of amides is 7. The van der Waals surface area contributed by atoms with Crippen molar-refractivity contribution < 1.29 is 53.4 Å². The van der Waals surface area contributed by atoms with Gasteiger partial charge in [-0.3, -0.25) is 43.3 Å². The fourth-order valence-electron chi connectivity index (χ4n) is 6.10. The van der Waals surface area contributed by atoms with Crippen molar-refractivity contribution in [2.45, 2.75) is 123 Å². The van der Waals surface area contributed by atoms with Crippen molar-refractivity contribution in [2.75, 3.05) is 19.6 Å². The zero-order chi connectivity index (χ0) is 47.8. The second-order valence-electron chi connectivity index (χ2n) is 16.4. The molecule has 1 aromatic carbocycles. The molecule has 0 saturated carbocycles. The molecule has 22 nitrogen and oxygen atoms in total. The fraction of sp³-hybridized carbons (Fsp3) is 0.610. The lowest BCUT2D eigenvalue weighted by Crippen LogP contribution is -2.57. The molecule has 0 fully saturated rings. The Hall–Kier alpha value is -6.32. The summed E-state index contributed by atoms with van der Waals surface area (Å²) < 4.78 is 0. The van der Waals surface area contributed by atoms with Crippen LogP contribution in [0.25, 0.3) is 0 Å². The quantitative estimate of drug-likeness (QED) is 0.0235. The molecular weight excluding hydrogens is 823 g/mol. The first-order valence-corrected chi connectivity index (χ1v) is 20.8. The molecule has 0 saturated heterocycles. The van der Waals surface area contributed by atoms with Crippen LogP contribution in [-0.4, -0.2) is 125 Å². The van der Waals surface area contributed by atoms with Crippen molar-refractivity contribution in [2.24, 2.45) is 39.9 Å². The van der Waals surface area contributed by atoms with Crippen LogP contribution < -0.4 is 54.4 Å². The van der Waals surface area contributed by atoms with Crippen LogP contribution in [-0.2, 0) is 49.6 Å². The van der Waals surface area contributed by atoms with Crippen molar-refractivity contribution in [1.82, 2.24) is 37.2 Å². The predicted molar refractivity (Wildman–Crippen MR) is 232 cm³/mol. The maximum Gasteiger partial charge on any atom is 0.326 e. The Morgan fingerprint density at radius 3 is 1.62 bits per heavy atom. The number of hydrogen-bond donors (Lipinski definition) is 12. The van der Waals surface area contributed by atoms with Gasteiger partial charge in [-0.1, -0.05) is 71.9 Å². The molecule has 15 N–H and O–H groups in total. The largest absolute Gasteiger partial charge is 0.481 e. The number of aliphatic carboxylic acids is 2. The minimum Gasteiger partial charge on any atom is -0.481 e. The number of guanidine groups is 1. The topological polar surface area (TPSA) is 369 Å². The first-order chi connectivity index (χ1) is 29.5. The number of hydrogen-bond acceptors (Lipinski definition) is 11. The summed E-state index contributed by atoms with van der Waals surface area (Å²) in [5.74, 6) is -8.66. The summed E-state index contributed by atoms with van der Waals surface area (Å²) in [6.07, 6.45) is -0.104. The van der Waals surface area contributed by atoms with Gasteiger partial charge in [-0.2, -0.15) is 0 Å². The number of carboxylic acid groups (broad SMARTS) is 2. The lowest BCUT2D eigenvalue weighted by molar-refractivity contribution is -0.143. The second kappa shape index (κ2) is 28.3. The van der Waals surface area contributed by atoms with Crippen LogP contribution in [0.1, 0.15) is 85.6 Å². The van der Waals surface area contributed by atoms with E-state index >= 15 is 0 Å². The summed E-state index contributed by atoms with van der Waals surface area (Å²) in [7, 11) is 0. The zero-order valence-corrected chi connectivity index (χ0v) is 36.9. The normalized spacial score (nSPS) is 13.9. The van der Waals surface area contributed by atoms with Crippen LogP contribution in [0.2, 0.25) is 0 Å². The number of nitrogens with one attached hydrogen (secondary N) is 7. The van der Waals surface area contributed by atoms with Gasteiger partial charge in [-0.25, -0.2) is 4.79 Å². The molecule has 0 aliphatic rings. The Labute approximate surface area is 367 Å². The molecule has 1 aromatic rings. The van der Waals surface area contributed by atoms with Crippen molar-refractivity contribution in [1.29, 1.82) is 0 Å². The van der Waals surface area contributed by atoms with E-state index in [2.05, 4.69) is 42.2 Å². The second-order valence-corrected chi connectivity index (χ2v) is 16.4. The molecule has 6 atom stereocenters. The summed E-state index contributed by atoms with van der Waals surface area (Å²) in [4.78, 5) is 119.